The molecule has 1 saturated heterocycles. The number of benzene rings is 2. The van der Waals surface area contributed by atoms with Crippen molar-refractivity contribution in [2.75, 3.05) is 19.7 Å². The van der Waals surface area contributed by atoms with Gasteiger partial charge in [0.1, 0.15) is 6.61 Å². The molecule has 0 radical (unpaired) electrons. The number of hydrogen-bond acceptors (Lipinski definition) is 4. The van der Waals surface area contributed by atoms with Crippen molar-refractivity contribution in [3.63, 3.8) is 0 Å². The van der Waals surface area contributed by atoms with Gasteiger partial charge in [0.15, 0.2) is 0 Å². The van der Waals surface area contributed by atoms with E-state index in [9.17, 15) is 14.4 Å². The fraction of sp³-hybridized carbons (Fsp3) is 0.444. The molecule has 1 aliphatic heterocycles. The molecule has 0 aromatic heterocycles. The Bertz CT molecular complexity index is 1030. The summed E-state index contributed by atoms with van der Waals surface area (Å²) in [7, 11) is 0. The van der Waals surface area contributed by atoms with Crippen LogP contribution in [-0.4, -0.2) is 53.7 Å². The molecule has 7 heteroatoms. The molecule has 2 unspecified atom stereocenters. The zero-order valence-corrected chi connectivity index (χ0v) is 19.9. The van der Waals surface area contributed by atoms with E-state index in [1.165, 1.54) is 11.1 Å². The van der Waals surface area contributed by atoms with Crippen molar-refractivity contribution in [2.45, 2.75) is 39.2 Å². The van der Waals surface area contributed by atoms with E-state index < -0.39 is 18.0 Å². The van der Waals surface area contributed by atoms with Crippen LogP contribution in [0, 0.1) is 17.8 Å². The highest BCUT2D eigenvalue weighted by atomic mass is 16.5. The first-order valence-electron chi connectivity index (χ1n) is 11.9. The number of rotatable bonds is 8. The molecule has 7 nitrogen and oxygen atoms in total. The quantitative estimate of drug-likeness (QED) is 0.613. The molecule has 2 aromatic carbocycles. The Morgan fingerprint density at radius 1 is 1.00 bits per heavy atom. The summed E-state index contributed by atoms with van der Waals surface area (Å²) in [6.07, 6.45) is -0.370. The smallest absolute Gasteiger partial charge is 0.407 e. The molecule has 2 N–H and O–H groups in total. The van der Waals surface area contributed by atoms with Gasteiger partial charge in [0, 0.05) is 37.4 Å². The van der Waals surface area contributed by atoms with E-state index in [0.717, 1.165) is 11.1 Å². The predicted octanol–water partition coefficient (Wildman–Crippen LogP) is 4.12. The van der Waals surface area contributed by atoms with E-state index >= 15 is 0 Å². The van der Waals surface area contributed by atoms with Crippen LogP contribution in [0.4, 0.5) is 4.79 Å². The zero-order valence-electron chi connectivity index (χ0n) is 19.9. The summed E-state index contributed by atoms with van der Waals surface area (Å²) in [5.74, 6) is -1.38. The first-order valence-corrected chi connectivity index (χ1v) is 11.9. The lowest BCUT2D eigenvalue weighted by Gasteiger charge is -2.42. The minimum atomic E-state index is -0.839. The average Bonchev–Trinajstić information content (AvgIpc) is 3.09. The summed E-state index contributed by atoms with van der Waals surface area (Å²) in [5, 5.41) is 12.0. The largest absolute Gasteiger partial charge is 0.481 e. The molecule has 2 aliphatic rings. The van der Waals surface area contributed by atoms with Crippen LogP contribution in [0.25, 0.3) is 11.1 Å². The number of alkyl carbamates (subject to hydrolysis) is 1. The first-order chi connectivity index (χ1) is 16.3. The summed E-state index contributed by atoms with van der Waals surface area (Å²) in [4.78, 5) is 38.1. The average molecular weight is 465 g/mol. The number of hydrogen-bond donors (Lipinski definition) is 2. The van der Waals surface area contributed by atoms with Crippen molar-refractivity contribution in [1.29, 1.82) is 0 Å². The minimum absolute atomic E-state index is 0.0194. The highest BCUT2D eigenvalue weighted by Gasteiger charge is 2.38. The van der Waals surface area contributed by atoms with E-state index in [1.54, 1.807) is 11.8 Å². The number of amides is 2. The molecule has 34 heavy (non-hydrogen) atoms. The van der Waals surface area contributed by atoms with E-state index in [4.69, 9.17) is 9.84 Å². The number of nitrogens with zero attached hydrogens (tertiary/aromatic N) is 1. The van der Waals surface area contributed by atoms with Gasteiger partial charge in [0.05, 0.1) is 5.92 Å². The van der Waals surface area contributed by atoms with Gasteiger partial charge >= 0.3 is 12.1 Å². The minimum Gasteiger partial charge on any atom is -0.481 e. The van der Waals surface area contributed by atoms with Crippen LogP contribution >= 0.6 is 0 Å². The van der Waals surface area contributed by atoms with Gasteiger partial charge in [-0.2, -0.15) is 0 Å². The molecule has 1 aliphatic carbocycles. The number of carbonyl (C=O) groups is 3. The third-order valence-electron chi connectivity index (χ3n) is 7.21. The number of aliphatic carboxylic acids is 1. The van der Waals surface area contributed by atoms with Crippen molar-refractivity contribution in [3.8, 4) is 11.1 Å². The SMILES string of the molecule is CC(C)C(CC(=O)N1CC(C(C)C(=O)O)C1)NC(=O)OCC1c2ccccc2-c2ccccc21. The normalized spacial score (nSPS) is 16.9. The summed E-state index contributed by atoms with van der Waals surface area (Å²) < 4.78 is 5.64. The lowest BCUT2D eigenvalue weighted by molar-refractivity contribution is -0.150. The number of fused-ring (bicyclic) bond motifs is 3. The highest BCUT2D eigenvalue weighted by Crippen LogP contribution is 2.44. The van der Waals surface area contributed by atoms with E-state index in [-0.39, 0.29) is 42.7 Å². The van der Waals surface area contributed by atoms with Gasteiger partial charge in [-0.1, -0.05) is 69.3 Å². The Hall–Kier alpha value is -3.35. The summed E-state index contributed by atoms with van der Waals surface area (Å²) in [5.41, 5.74) is 4.63. The zero-order chi connectivity index (χ0) is 24.4. The second-order valence-electron chi connectivity index (χ2n) is 9.71. The Kier molecular flexibility index (Phi) is 6.91. The fourth-order valence-corrected chi connectivity index (χ4v) is 4.80. The molecule has 1 fully saturated rings. The molecular formula is C27H32N2O5. The third-order valence-corrected chi connectivity index (χ3v) is 7.21. The molecule has 2 aromatic rings. The van der Waals surface area contributed by atoms with Crippen LogP contribution in [0.3, 0.4) is 0 Å². The number of likely N-dealkylation sites (tertiary alicyclic amines) is 1. The number of nitrogens with one attached hydrogen (secondary N) is 1. The lowest BCUT2D eigenvalue weighted by Crippen LogP contribution is -2.55. The monoisotopic (exact) mass is 464 g/mol. The second-order valence-corrected chi connectivity index (χ2v) is 9.71. The standard InChI is InChI=1S/C27H32N2O5/c1-16(2)24(12-25(30)29-13-18(14-29)17(3)26(31)32)28-27(33)34-15-23-21-10-6-4-8-19(21)20-9-5-7-11-22(20)23/h4-11,16-18,23-24H,12-15H2,1-3H3,(H,28,33)(H,31,32). The van der Waals surface area contributed by atoms with E-state index in [0.29, 0.717) is 13.1 Å². The van der Waals surface area contributed by atoms with Crippen LogP contribution in [-0.2, 0) is 14.3 Å². The molecular weight excluding hydrogens is 432 g/mol. The number of carboxylic acid groups (broad SMARTS) is 1. The van der Waals surface area contributed by atoms with Gasteiger partial charge in [0.25, 0.3) is 0 Å². The van der Waals surface area contributed by atoms with E-state index in [1.807, 2.05) is 38.1 Å². The molecule has 4 rings (SSSR count). The van der Waals surface area contributed by atoms with Crippen LogP contribution in [0.1, 0.15) is 44.2 Å². The summed E-state index contributed by atoms with van der Waals surface area (Å²) in [6, 6.07) is 16.0. The Balaban J connectivity index is 1.32. The van der Waals surface area contributed by atoms with Gasteiger partial charge < -0.3 is 20.1 Å². The van der Waals surface area contributed by atoms with Gasteiger partial charge in [-0.15, -0.1) is 0 Å². The number of carboxylic acids is 1. The van der Waals surface area contributed by atoms with Gasteiger partial charge in [-0.3, -0.25) is 9.59 Å². The van der Waals surface area contributed by atoms with Crippen molar-refractivity contribution in [3.05, 3.63) is 59.7 Å². The van der Waals surface area contributed by atoms with Gasteiger partial charge in [-0.05, 0) is 28.2 Å². The molecule has 180 valence electrons. The summed E-state index contributed by atoms with van der Waals surface area (Å²) in [6.45, 7) is 6.69. The maximum atomic E-state index is 12.7. The molecule has 0 bridgehead atoms. The highest BCUT2D eigenvalue weighted by molar-refractivity contribution is 5.80. The summed E-state index contributed by atoms with van der Waals surface area (Å²) >= 11 is 0. The van der Waals surface area contributed by atoms with E-state index in [2.05, 4.69) is 29.6 Å². The maximum absolute atomic E-state index is 12.7. The van der Waals surface area contributed by atoms with Crippen molar-refractivity contribution < 1.29 is 24.2 Å². The van der Waals surface area contributed by atoms with Gasteiger partial charge in [-0.25, -0.2) is 4.79 Å². The molecule has 1 heterocycles. The predicted molar refractivity (Wildman–Crippen MR) is 128 cm³/mol. The van der Waals surface area contributed by atoms with Crippen LogP contribution in [0.2, 0.25) is 0 Å². The number of ether oxygens (including phenoxy) is 1. The number of carbonyl (C=O) groups excluding carboxylic acids is 2. The van der Waals surface area contributed by atoms with Crippen LogP contribution in [0.15, 0.2) is 48.5 Å². The van der Waals surface area contributed by atoms with Crippen molar-refractivity contribution in [1.82, 2.24) is 10.2 Å². The third kappa shape index (κ3) is 4.79. The van der Waals surface area contributed by atoms with Crippen LogP contribution < -0.4 is 5.32 Å². The van der Waals surface area contributed by atoms with Crippen molar-refractivity contribution in [2.24, 2.45) is 17.8 Å². The molecule has 2 atom stereocenters. The van der Waals surface area contributed by atoms with Crippen LogP contribution in [0.5, 0.6) is 0 Å². The second kappa shape index (κ2) is 9.87. The fourth-order valence-electron chi connectivity index (χ4n) is 4.80. The topological polar surface area (TPSA) is 95.9 Å². The Labute approximate surface area is 200 Å². The lowest BCUT2D eigenvalue weighted by atomic mass is 9.86. The maximum Gasteiger partial charge on any atom is 0.407 e. The molecule has 0 saturated carbocycles. The van der Waals surface area contributed by atoms with Crippen molar-refractivity contribution >= 4 is 18.0 Å². The van der Waals surface area contributed by atoms with Gasteiger partial charge in [0.2, 0.25) is 5.91 Å². The Morgan fingerprint density at radius 2 is 1.56 bits per heavy atom. The molecule has 2 amide bonds. The molecule has 0 spiro atoms. The Morgan fingerprint density at radius 3 is 2.09 bits per heavy atom. The first kappa shape index (κ1) is 23.8.